The number of allylic oxidation sites excluding steroid dienone is 4. The molecule has 0 aliphatic heterocycles. The molecule has 112 heavy (non-hydrogen) atoms. The number of aliphatic hydroxyl groups excluding tert-OH is 2. The largest absolute Gasteiger partial charge is 0.413 e. The van der Waals surface area contributed by atoms with Crippen LogP contribution in [0.1, 0.15) is 299 Å². The molecule has 0 aromatic heterocycles. The summed E-state index contributed by atoms with van der Waals surface area (Å²) in [4.78, 5) is 12.9. The summed E-state index contributed by atoms with van der Waals surface area (Å²) in [7, 11) is -10.0. The van der Waals surface area contributed by atoms with Crippen LogP contribution in [0, 0.1) is 45.3 Å². The Balaban J connectivity index is 0.000000300. The maximum absolute atomic E-state index is 14.7. The molecule has 6 fully saturated rings. The van der Waals surface area contributed by atoms with Gasteiger partial charge in [0, 0.05) is 42.0 Å². The third-order valence-corrected chi connectivity index (χ3v) is 42.6. The molecule has 10 nitrogen and oxygen atoms in total. The highest BCUT2D eigenvalue weighted by Crippen LogP contribution is 2.65. The molecule has 0 heterocycles. The number of fused-ring (bicyclic) bond motifs is 2. The van der Waals surface area contributed by atoms with E-state index < -0.39 is 63.8 Å². The van der Waals surface area contributed by atoms with E-state index in [4.69, 9.17) is 17.7 Å². The zero-order valence-corrected chi connectivity index (χ0v) is 81.2. The molecule has 6 unspecified atom stereocenters. The molecule has 8 rings (SSSR count). The summed E-state index contributed by atoms with van der Waals surface area (Å²) in [5.41, 5.74) is 4.98. The average Bonchev–Trinajstić information content (AvgIpc) is 1.58. The molecule has 4 N–H and O–H groups in total. The second-order valence-electron chi connectivity index (χ2n) is 44.6. The van der Waals surface area contributed by atoms with Crippen molar-refractivity contribution in [2.45, 2.75) is 421 Å². The van der Waals surface area contributed by atoms with E-state index in [0.717, 1.165) is 123 Å². The Morgan fingerprint density at radius 2 is 0.929 bits per heavy atom. The lowest BCUT2D eigenvalue weighted by atomic mass is 9.55. The first kappa shape index (κ1) is 100. The van der Waals surface area contributed by atoms with Crippen LogP contribution in [0.4, 0.5) is 0 Å². The second kappa shape index (κ2) is 39.0. The fourth-order valence-electron chi connectivity index (χ4n) is 20.9. The average molecular weight is 1640 g/mol. The third-order valence-electron chi connectivity index (χ3n) is 28.2. The van der Waals surface area contributed by atoms with Crippen LogP contribution >= 0.6 is 7.14 Å². The summed E-state index contributed by atoms with van der Waals surface area (Å²) in [5.74, 6) is 2.69. The van der Waals surface area contributed by atoms with E-state index >= 15 is 0 Å². The van der Waals surface area contributed by atoms with Gasteiger partial charge >= 0.3 is 0 Å². The first-order chi connectivity index (χ1) is 50.6. The maximum atomic E-state index is 14.7. The van der Waals surface area contributed by atoms with Crippen molar-refractivity contribution in [1.82, 2.24) is 0 Å². The lowest BCUT2D eigenvalue weighted by Gasteiger charge is -2.50. The molecule has 6 aliphatic rings. The van der Waals surface area contributed by atoms with Crippen LogP contribution < -0.4 is 10.6 Å². The molecule has 0 bridgehead atoms. The molecule has 15 heteroatoms. The SMILES string of the molecule is C.C=C1/C(=C\C=C2/CCC[C@@]3(C)C2CCC3C(C)(CCCC(C)(C)O)CCCC(C)(C)O)CC(O)C[C@@H]1O.C=C1/C(=C\CP(=O)(c2ccccc2)c2ccccc2)CC(O[Si](C)(C)C(C)(C)C)C[C@@H]1O[Si](C)(C)C(C)(C)C.CC(C)(CCCC(C)(CCCC(C)(C)O[Si](C)(C)C)C1CCC2C(=O)CCC[C@@]21C)O[Si](C)(C)C. The molecule has 6 saturated carbocycles. The van der Waals surface area contributed by atoms with Gasteiger partial charge in [0.05, 0.1) is 46.8 Å². The molecular weight excluding hydrogens is 1470 g/mol. The van der Waals surface area contributed by atoms with Crippen molar-refractivity contribution in [3.8, 4) is 0 Å². The lowest BCUT2D eigenvalue weighted by Crippen LogP contribution is -2.49. The summed E-state index contributed by atoms with van der Waals surface area (Å²) in [6.07, 6.45) is 33.0. The van der Waals surface area contributed by atoms with Gasteiger partial charge in [-0.2, -0.15) is 0 Å². The fraction of sp³-hybridized carbons (Fsp3) is 0.763. The Hall–Kier alpha value is -2.41. The minimum Gasteiger partial charge on any atom is -0.413 e. The Kier molecular flexibility index (Phi) is 34.8. The number of carbonyl (C=O) groups is 1. The Labute approximate surface area is 692 Å². The van der Waals surface area contributed by atoms with Crippen molar-refractivity contribution in [2.75, 3.05) is 6.16 Å². The van der Waals surface area contributed by atoms with Crippen LogP contribution in [-0.4, -0.2) is 112 Å². The summed E-state index contributed by atoms with van der Waals surface area (Å²) >= 11 is 0. The zero-order valence-electron chi connectivity index (χ0n) is 76.3. The Morgan fingerprint density at radius 3 is 1.36 bits per heavy atom. The number of rotatable bonds is 31. The predicted octanol–water partition coefficient (Wildman–Crippen LogP) is 26.1. The van der Waals surface area contributed by atoms with E-state index in [2.05, 4.69) is 194 Å². The van der Waals surface area contributed by atoms with E-state index in [0.29, 0.717) is 48.5 Å². The molecule has 10 atom stereocenters. The summed E-state index contributed by atoms with van der Waals surface area (Å²) in [6.45, 7) is 72.3. The zero-order chi connectivity index (χ0) is 83.9. The highest BCUT2D eigenvalue weighted by Gasteiger charge is 2.58. The first-order valence-electron chi connectivity index (χ1n) is 43.9. The number of Topliss-reactive ketones (excluding diaryl/α,β-unsaturated/α-hetero) is 1. The molecule has 0 saturated heterocycles. The van der Waals surface area contributed by atoms with Crippen molar-refractivity contribution in [1.29, 1.82) is 0 Å². The Bertz CT molecular complexity index is 3390. The highest BCUT2D eigenvalue weighted by atomic mass is 31.2. The molecule has 0 spiro atoms. The van der Waals surface area contributed by atoms with Gasteiger partial charge < -0.3 is 42.7 Å². The van der Waals surface area contributed by atoms with E-state index in [1.807, 2.05) is 88.4 Å². The number of benzene rings is 2. The van der Waals surface area contributed by atoms with Gasteiger partial charge in [-0.15, -0.1) is 0 Å². The molecule has 2 aromatic carbocycles. The minimum atomic E-state index is -2.87. The number of hydrogen-bond donors (Lipinski definition) is 4. The van der Waals surface area contributed by atoms with Gasteiger partial charge in [0.1, 0.15) is 12.9 Å². The van der Waals surface area contributed by atoms with Gasteiger partial charge in [0.2, 0.25) is 0 Å². The lowest BCUT2D eigenvalue weighted by molar-refractivity contribution is -0.131. The smallest absolute Gasteiger partial charge is 0.192 e. The van der Waals surface area contributed by atoms with Gasteiger partial charge in [-0.05, 0) is 315 Å². The summed E-state index contributed by atoms with van der Waals surface area (Å²) in [6, 6.07) is 19.8. The standard InChI is InChI=1S/C33H56O4.C33H51O3PSi2.C30H60O3Si2.CH4/c1-23-25(21-26(34)22-28(23)35)13-12-24-11-8-20-33(7)27(24)14-15-29(33)32(6,18-9-16-30(2,3)36)19-10-17-31(4,5)37;1-26-27(22-23-37(34,29-18-14-12-15-19-29)30-20-16-13-17-21-30)24-28(35-38(8,9)32(2,3)4)25-31(26)36-39(10,11)33(5,6)7;1-27(2,32-34(7,8)9)19-14-21-29(5,22-15-20-28(3,4)33-35(10,11)12)26-18-17-24-25(31)16-13-23-30(24,26)6;/h12-13,26-29,34-37H,1,8-11,14-22H2,2-7H3;12-22,28,31H,1,23-25H2,2-11H3;24,26H,13-23H2,1-12H3;1H4/b24-12+,25-13-;27-22-;;/t26?,27?,28-,29?,33-;28?,31-;24?,26?,30-;/m000./s1. The van der Waals surface area contributed by atoms with Crippen molar-refractivity contribution in [3.05, 3.63) is 120 Å². The van der Waals surface area contributed by atoms with E-state index in [1.54, 1.807) is 0 Å². The quantitative estimate of drug-likeness (QED) is 0.0424. The van der Waals surface area contributed by atoms with Crippen LogP contribution in [0.25, 0.3) is 0 Å². The van der Waals surface area contributed by atoms with Crippen LogP contribution in [0.15, 0.2) is 120 Å². The number of ketones is 1. The van der Waals surface area contributed by atoms with E-state index in [9.17, 15) is 29.8 Å². The van der Waals surface area contributed by atoms with Crippen LogP contribution in [0.2, 0.25) is 75.5 Å². The number of aliphatic hydroxyl groups is 4. The van der Waals surface area contributed by atoms with E-state index in [1.165, 1.54) is 69.8 Å². The Morgan fingerprint density at radius 1 is 0.518 bits per heavy atom. The first-order valence-corrected chi connectivity index (χ1v) is 58.4. The molecule has 0 amide bonds. The van der Waals surface area contributed by atoms with Crippen molar-refractivity contribution >= 4 is 56.8 Å². The number of hydrogen-bond acceptors (Lipinski definition) is 10. The van der Waals surface area contributed by atoms with Crippen molar-refractivity contribution in [3.63, 3.8) is 0 Å². The van der Waals surface area contributed by atoms with Crippen molar-refractivity contribution in [2.24, 2.45) is 45.3 Å². The van der Waals surface area contributed by atoms with Crippen LogP contribution in [0.5, 0.6) is 0 Å². The number of carbonyl (C=O) groups excluding carboxylic acids is 1. The third kappa shape index (κ3) is 28.1. The van der Waals surface area contributed by atoms with Crippen LogP contribution in [-0.2, 0) is 27.1 Å². The van der Waals surface area contributed by atoms with Crippen molar-refractivity contribution < 1.29 is 47.5 Å². The highest BCUT2D eigenvalue weighted by molar-refractivity contribution is 7.78. The van der Waals surface area contributed by atoms with Gasteiger partial charge in [-0.3, -0.25) is 4.79 Å². The second-order valence-corrected chi connectivity index (χ2v) is 65.8. The summed E-state index contributed by atoms with van der Waals surface area (Å²) < 4.78 is 41.8. The monoisotopic (exact) mass is 1640 g/mol. The molecular formula is C97H171O10PSi4. The molecule has 640 valence electrons. The maximum Gasteiger partial charge on any atom is 0.192 e. The van der Waals surface area contributed by atoms with E-state index in [-0.39, 0.29) is 62.6 Å². The molecule has 0 radical (unpaired) electrons. The van der Waals surface area contributed by atoms with Gasteiger partial charge in [0.25, 0.3) is 0 Å². The van der Waals surface area contributed by atoms with Gasteiger partial charge in [0.15, 0.2) is 33.3 Å². The summed E-state index contributed by atoms with van der Waals surface area (Å²) in [5, 5.41) is 43.2. The van der Waals surface area contributed by atoms with Crippen LogP contribution in [0.3, 0.4) is 0 Å². The predicted molar refractivity (Wildman–Crippen MR) is 491 cm³/mol. The molecule has 2 aromatic rings. The fourth-order valence-corrected chi connectivity index (χ4v) is 29.5. The minimum absolute atomic E-state index is 0. The van der Waals surface area contributed by atoms with Gasteiger partial charge in [-0.25, -0.2) is 0 Å². The topological polar surface area (TPSA) is 152 Å². The normalized spacial score (nSPS) is 26.8. The molecule has 6 aliphatic carbocycles. The van der Waals surface area contributed by atoms with Gasteiger partial charge in [-0.1, -0.05) is 200 Å².